The molecule has 0 amide bonds. The molecule has 1 rings (SSSR count). The number of hydrogen-bond acceptors (Lipinski definition) is 4. The van der Waals surface area contributed by atoms with Crippen LogP contribution in [-0.2, 0) is 4.79 Å². The summed E-state index contributed by atoms with van der Waals surface area (Å²) in [7, 11) is 3.76. The Balaban J connectivity index is 0.000000265. The molecule has 0 unspecified atom stereocenters. The van der Waals surface area contributed by atoms with Gasteiger partial charge in [0.05, 0.1) is 6.20 Å². The number of aliphatic carboxylic acids is 1. The van der Waals surface area contributed by atoms with Crippen molar-refractivity contribution in [2.75, 3.05) is 19.0 Å². The number of carboxylic acid groups (broad SMARTS) is 1. The molecule has 0 aliphatic heterocycles. The Bertz CT molecular complexity index is 295. The van der Waals surface area contributed by atoms with Gasteiger partial charge >= 0.3 is 12.1 Å². The highest BCUT2D eigenvalue weighted by Gasteiger charge is 2.38. The minimum atomic E-state index is -5.08. The third-order valence-electron chi connectivity index (χ3n) is 1.04. The zero-order valence-corrected chi connectivity index (χ0v) is 7.95. The van der Waals surface area contributed by atoms with Crippen molar-refractivity contribution in [3.8, 4) is 0 Å². The van der Waals surface area contributed by atoms with E-state index in [1.807, 2.05) is 14.1 Å². The van der Waals surface area contributed by atoms with Crippen LogP contribution >= 0.6 is 0 Å². The van der Waals surface area contributed by atoms with Gasteiger partial charge in [0, 0.05) is 14.1 Å². The van der Waals surface area contributed by atoms with E-state index in [0.717, 1.165) is 0 Å². The molecule has 1 aromatic rings. The van der Waals surface area contributed by atoms with Crippen LogP contribution in [0, 0.1) is 0 Å². The van der Waals surface area contributed by atoms with E-state index >= 15 is 0 Å². The van der Waals surface area contributed by atoms with E-state index in [0.29, 0.717) is 6.01 Å². The average Bonchev–Trinajstić information content (AvgIpc) is 2.54. The van der Waals surface area contributed by atoms with Gasteiger partial charge in [-0.25, -0.2) is 9.78 Å². The predicted octanol–water partition coefficient (Wildman–Crippen LogP) is 1.37. The Morgan fingerprint density at radius 2 is 2.00 bits per heavy atom. The monoisotopic (exact) mass is 226 g/mol. The van der Waals surface area contributed by atoms with Crippen molar-refractivity contribution in [3.05, 3.63) is 12.5 Å². The summed E-state index contributed by atoms with van der Waals surface area (Å²) in [6.07, 6.45) is -1.91. The van der Waals surface area contributed by atoms with Crippen LogP contribution in [-0.4, -0.2) is 36.3 Å². The summed E-state index contributed by atoms with van der Waals surface area (Å²) in [6, 6.07) is 0.644. The predicted molar refractivity (Wildman–Crippen MR) is 44.5 cm³/mol. The summed E-state index contributed by atoms with van der Waals surface area (Å²) < 4.78 is 36.6. The molecule has 0 radical (unpaired) electrons. The molecule has 0 atom stereocenters. The summed E-state index contributed by atoms with van der Waals surface area (Å²) in [6.45, 7) is 0. The highest BCUT2D eigenvalue weighted by molar-refractivity contribution is 5.73. The standard InChI is InChI=1S/C5H8N2O.C2HF3O2/c1-7(2)5-6-3-4-8-5;3-2(4,5)1(6)7/h3-4H,1-2H3;(H,6,7). The lowest BCUT2D eigenvalue weighted by atomic mass is 10.7. The number of oxazole rings is 1. The summed E-state index contributed by atoms with van der Waals surface area (Å²) >= 11 is 0. The normalized spacial score (nSPS) is 10.2. The molecule has 86 valence electrons. The number of nitrogens with zero attached hydrogens (tertiary/aromatic N) is 2. The fourth-order valence-corrected chi connectivity index (χ4v) is 0.437. The minimum Gasteiger partial charge on any atom is -0.475 e. The van der Waals surface area contributed by atoms with Gasteiger partial charge in [0.25, 0.3) is 6.01 Å². The van der Waals surface area contributed by atoms with E-state index in [1.54, 1.807) is 17.4 Å². The highest BCUT2D eigenvalue weighted by atomic mass is 19.4. The number of carbonyl (C=O) groups is 1. The molecule has 8 heteroatoms. The molecule has 1 heterocycles. The second-order valence-corrected chi connectivity index (χ2v) is 2.51. The first-order chi connectivity index (χ1) is 6.75. The molecular weight excluding hydrogens is 217 g/mol. The van der Waals surface area contributed by atoms with Gasteiger partial charge in [0.1, 0.15) is 6.26 Å². The SMILES string of the molecule is CN(C)c1ncco1.O=C(O)C(F)(F)F. The van der Waals surface area contributed by atoms with Crippen molar-refractivity contribution in [2.45, 2.75) is 6.18 Å². The number of halogens is 3. The van der Waals surface area contributed by atoms with Crippen molar-refractivity contribution in [1.82, 2.24) is 4.98 Å². The van der Waals surface area contributed by atoms with E-state index in [-0.39, 0.29) is 0 Å². The van der Waals surface area contributed by atoms with Crippen molar-refractivity contribution >= 4 is 12.0 Å². The zero-order chi connectivity index (χ0) is 12.1. The van der Waals surface area contributed by atoms with Crippen LogP contribution < -0.4 is 4.90 Å². The second-order valence-electron chi connectivity index (χ2n) is 2.51. The van der Waals surface area contributed by atoms with Gasteiger partial charge in [-0.05, 0) is 0 Å². The first-order valence-electron chi connectivity index (χ1n) is 3.62. The first-order valence-corrected chi connectivity index (χ1v) is 3.62. The lowest BCUT2D eigenvalue weighted by Crippen LogP contribution is -2.21. The van der Waals surface area contributed by atoms with E-state index in [1.165, 1.54) is 0 Å². The van der Waals surface area contributed by atoms with E-state index in [2.05, 4.69) is 4.98 Å². The summed E-state index contributed by atoms with van der Waals surface area (Å²) in [5.74, 6) is -2.76. The van der Waals surface area contributed by atoms with Crippen molar-refractivity contribution in [2.24, 2.45) is 0 Å². The number of rotatable bonds is 1. The van der Waals surface area contributed by atoms with Crippen LogP contribution in [0.3, 0.4) is 0 Å². The largest absolute Gasteiger partial charge is 0.490 e. The number of aromatic nitrogens is 1. The lowest BCUT2D eigenvalue weighted by Gasteiger charge is -2.02. The number of anilines is 1. The Morgan fingerprint density at radius 3 is 2.13 bits per heavy atom. The maximum absolute atomic E-state index is 10.6. The molecular formula is C7H9F3N2O3. The molecule has 1 N–H and O–H groups in total. The molecule has 1 aromatic heterocycles. The highest BCUT2D eigenvalue weighted by Crippen LogP contribution is 2.13. The van der Waals surface area contributed by atoms with Gasteiger partial charge < -0.3 is 14.4 Å². The summed E-state index contributed by atoms with van der Waals surface area (Å²) in [5, 5.41) is 7.12. The fourth-order valence-electron chi connectivity index (χ4n) is 0.437. The molecule has 0 fully saturated rings. The molecule has 0 aromatic carbocycles. The maximum Gasteiger partial charge on any atom is 0.490 e. The molecule has 0 saturated carbocycles. The van der Waals surface area contributed by atoms with E-state index < -0.39 is 12.1 Å². The molecule has 0 bridgehead atoms. The Hall–Kier alpha value is -1.73. The Kier molecular flexibility index (Phi) is 4.62. The molecule has 0 aliphatic carbocycles. The number of hydrogen-bond donors (Lipinski definition) is 1. The quantitative estimate of drug-likeness (QED) is 0.783. The maximum atomic E-state index is 10.6. The van der Waals surface area contributed by atoms with Crippen LogP contribution in [0.1, 0.15) is 0 Å². The molecule has 0 aliphatic rings. The van der Waals surface area contributed by atoms with Crippen LogP contribution in [0.5, 0.6) is 0 Å². The van der Waals surface area contributed by atoms with Gasteiger partial charge in [0.15, 0.2) is 0 Å². The molecule has 0 spiro atoms. The van der Waals surface area contributed by atoms with Crippen LogP contribution in [0.2, 0.25) is 0 Å². The lowest BCUT2D eigenvalue weighted by molar-refractivity contribution is -0.192. The second kappa shape index (κ2) is 5.23. The zero-order valence-electron chi connectivity index (χ0n) is 7.95. The molecule has 0 saturated heterocycles. The van der Waals surface area contributed by atoms with E-state index in [9.17, 15) is 13.2 Å². The first kappa shape index (κ1) is 13.3. The van der Waals surface area contributed by atoms with Crippen LogP contribution in [0.4, 0.5) is 19.2 Å². The van der Waals surface area contributed by atoms with Crippen molar-refractivity contribution in [1.29, 1.82) is 0 Å². The number of carboxylic acids is 1. The Morgan fingerprint density at radius 1 is 1.53 bits per heavy atom. The molecule has 5 nitrogen and oxygen atoms in total. The van der Waals surface area contributed by atoms with Gasteiger partial charge in [-0.15, -0.1) is 0 Å². The topological polar surface area (TPSA) is 66.6 Å². The Labute approximate surface area is 83.1 Å². The average molecular weight is 226 g/mol. The number of alkyl halides is 3. The van der Waals surface area contributed by atoms with Gasteiger partial charge in [0.2, 0.25) is 0 Å². The third kappa shape index (κ3) is 5.55. The summed E-state index contributed by atoms with van der Waals surface area (Å²) in [4.78, 5) is 14.6. The van der Waals surface area contributed by atoms with Gasteiger partial charge in [-0.3, -0.25) is 0 Å². The minimum absolute atomic E-state index is 0.644. The van der Waals surface area contributed by atoms with Gasteiger partial charge in [-0.1, -0.05) is 0 Å². The van der Waals surface area contributed by atoms with Crippen LogP contribution in [0.15, 0.2) is 16.9 Å². The van der Waals surface area contributed by atoms with Crippen LogP contribution in [0.25, 0.3) is 0 Å². The third-order valence-corrected chi connectivity index (χ3v) is 1.04. The van der Waals surface area contributed by atoms with Crippen molar-refractivity contribution < 1.29 is 27.5 Å². The van der Waals surface area contributed by atoms with Gasteiger partial charge in [-0.2, -0.15) is 13.2 Å². The summed E-state index contributed by atoms with van der Waals surface area (Å²) in [5.41, 5.74) is 0. The van der Waals surface area contributed by atoms with Crippen molar-refractivity contribution in [3.63, 3.8) is 0 Å². The smallest absolute Gasteiger partial charge is 0.475 e. The fraction of sp³-hybridized carbons (Fsp3) is 0.429. The molecule has 15 heavy (non-hydrogen) atoms. The van der Waals surface area contributed by atoms with E-state index in [4.69, 9.17) is 14.3 Å².